The van der Waals surface area contributed by atoms with Gasteiger partial charge in [0.1, 0.15) is 0 Å². The van der Waals surface area contributed by atoms with Crippen LogP contribution < -0.4 is 10.5 Å². The van der Waals surface area contributed by atoms with Crippen molar-refractivity contribution in [1.82, 2.24) is 9.88 Å². The zero-order valence-electron chi connectivity index (χ0n) is 18.5. The molecule has 7 heteroatoms. The fourth-order valence-corrected chi connectivity index (χ4v) is 5.20. The van der Waals surface area contributed by atoms with E-state index in [1.54, 1.807) is 4.90 Å². The van der Waals surface area contributed by atoms with Crippen LogP contribution in [-0.2, 0) is 17.7 Å². The summed E-state index contributed by atoms with van der Waals surface area (Å²) in [5, 5.41) is 0.523. The van der Waals surface area contributed by atoms with Crippen molar-refractivity contribution in [3.8, 4) is 0 Å². The molecule has 0 saturated carbocycles. The second-order valence-corrected chi connectivity index (χ2v) is 8.86. The van der Waals surface area contributed by atoms with Crippen molar-refractivity contribution in [2.75, 3.05) is 31.2 Å². The predicted octanol–water partition coefficient (Wildman–Crippen LogP) is 3.85. The highest BCUT2D eigenvalue weighted by molar-refractivity contribution is 6.36. The van der Waals surface area contributed by atoms with Gasteiger partial charge in [-0.05, 0) is 63.3 Å². The molecule has 2 aliphatic rings. The summed E-state index contributed by atoms with van der Waals surface area (Å²) in [4.78, 5) is 32.8. The van der Waals surface area contributed by atoms with E-state index >= 15 is 0 Å². The van der Waals surface area contributed by atoms with E-state index in [1.807, 2.05) is 26.0 Å². The summed E-state index contributed by atoms with van der Waals surface area (Å²) in [6.07, 6.45) is 2.64. The van der Waals surface area contributed by atoms with Gasteiger partial charge in [0.25, 0.3) is 11.5 Å². The molecule has 0 aliphatic carbocycles. The minimum atomic E-state index is -0.132. The number of hydrogen-bond donors (Lipinski definition) is 1. The molecule has 3 heterocycles. The molecule has 31 heavy (non-hydrogen) atoms. The lowest BCUT2D eigenvalue weighted by atomic mass is 9.96. The summed E-state index contributed by atoms with van der Waals surface area (Å²) in [7, 11) is 0. The van der Waals surface area contributed by atoms with Gasteiger partial charge in [-0.1, -0.05) is 17.7 Å². The van der Waals surface area contributed by atoms with Gasteiger partial charge in [0.2, 0.25) is 0 Å². The maximum atomic E-state index is 13.5. The second-order valence-electron chi connectivity index (χ2n) is 8.48. The molecule has 1 amide bonds. The number of aromatic amines is 1. The monoisotopic (exact) mass is 443 g/mol. The third-order valence-electron chi connectivity index (χ3n) is 6.48. The summed E-state index contributed by atoms with van der Waals surface area (Å²) < 4.78 is 5.52. The molecule has 2 aromatic rings. The topological polar surface area (TPSA) is 65.6 Å². The van der Waals surface area contributed by atoms with Gasteiger partial charge in [-0.15, -0.1) is 0 Å². The van der Waals surface area contributed by atoms with E-state index in [0.29, 0.717) is 28.7 Å². The van der Waals surface area contributed by atoms with Gasteiger partial charge in [0.15, 0.2) is 0 Å². The number of H-pyrrole nitrogens is 1. The minimum absolute atomic E-state index is 0.101. The number of anilines is 1. The molecule has 1 saturated heterocycles. The quantitative estimate of drug-likeness (QED) is 0.762. The molecule has 0 bridgehead atoms. The van der Waals surface area contributed by atoms with Gasteiger partial charge in [0, 0.05) is 43.6 Å². The van der Waals surface area contributed by atoms with E-state index in [4.69, 9.17) is 16.3 Å². The molecule has 0 spiro atoms. The van der Waals surface area contributed by atoms with Gasteiger partial charge in [0.05, 0.1) is 22.8 Å². The first-order chi connectivity index (χ1) is 14.9. The van der Waals surface area contributed by atoms with Crippen LogP contribution in [0, 0.1) is 13.8 Å². The number of rotatable bonds is 5. The van der Waals surface area contributed by atoms with E-state index in [-0.39, 0.29) is 18.0 Å². The number of nitrogens with zero attached hydrogens (tertiary/aromatic N) is 2. The second kappa shape index (κ2) is 9.05. The molecule has 1 aromatic carbocycles. The third kappa shape index (κ3) is 4.23. The van der Waals surface area contributed by atoms with Crippen molar-refractivity contribution < 1.29 is 9.53 Å². The van der Waals surface area contributed by atoms with Gasteiger partial charge < -0.3 is 19.5 Å². The lowest BCUT2D eigenvalue weighted by Gasteiger charge is -2.37. The lowest BCUT2D eigenvalue weighted by molar-refractivity contribution is 0.0726. The molecule has 1 N–H and O–H groups in total. The first-order valence-corrected chi connectivity index (χ1v) is 11.4. The van der Waals surface area contributed by atoms with Gasteiger partial charge in [-0.25, -0.2) is 0 Å². The number of aryl methyl sites for hydroxylation is 2. The highest BCUT2D eigenvalue weighted by Gasteiger charge is 2.31. The Kier molecular flexibility index (Phi) is 6.39. The molecule has 166 valence electrons. The Labute approximate surface area is 188 Å². The molecule has 6 nitrogen and oxygen atoms in total. The number of hydrogen-bond acceptors (Lipinski definition) is 4. The van der Waals surface area contributed by atoms with Gasteiger partial charge in [-0.2, -0.15) is 0 Å². The maximum absolute atomic E-state index is 13.5. The number of amides is 1. The van der Waals surface area contributed by atoms with Crippen LogP contribution in [-0.4, -0.2) is 48.1 Å². The molecule has 1 aromatic heterocycles. The highest BCUT2D eigenvalue weighted by atomic mass is 35.5. The first kappa shape index (κ1) is 21.9. The summed E-state index contributed by atoms with van der Waals surface area (Å²) >= 11 is 6.88. The van der Waals surface area contributed by atoms with Crippen molar-refractivity contribution in [3.05, 3.63) is 61.5 Å². The minimum Gasteiger partial charge on any atom is -0.381 e. The molecule has 2 aliphatic heterocycles. The van der Waals surface area contributed by atoms with Crippen LogP contribution in [0.1, 0.15) is 52.5 Å². The van der Waals surface area contributed by atoms with E-state index in [0.717, 1.165) is 61.5 Å². The largest absolute Gasteiger partial charge is 0.381 e. The molecule has 0 radical (unpaired) electrons. The fourth-order valence-electron chi connectivity index (χ4n) is 4.82. The number of nitrogens with one attached hydrogen (secondary N) is 1. The van der Waals surface area contributed by atoms with Crippen LogP contribution >= 0.6 is 11.6 Å². The Balaban J connectivity index is 1.65. The van der Waals surface area contributed by atoms with Crippen molar-refractivity contribution in [3.63, 3.8) is 0 Å². The van der Waals surface area contributed by atoms with Gasteiger partial charge in [-0.3, -0.25) is 9.59 Å². The summed E-state index contributed by atoms with van der Waals surface area (Å²) in [6, 6.07) is 6.39. The smallest absolute Gasteiger partial charge is 0.256 e. The van der Waals surface area contributed by atoms with Crippen LogP contribution in [0.25, 0.3) is 0 Å². The number of carbonyl (C=O) groups excluding carboxylic acids is 1. The number of fused-ring (bicyclic) bond motifs is 1. The highest BCUT2D eigenvalue weighted by Crippen LogP contribution is 2.37. The van der Waals surface area contributed by atoms with Crippen molar-refractivity contribution >= 4 is 23.2 Å². The van der Waals surface area contributed by atoms with E-state index in [2.05, 4.69) is 22.9 Å². The van der Waals surface area contributed by atoms with Crippen LogP contribution in [0.4, 0.5) is 5.69 Å². The van der Waals surface area contributed by atoms with Crippen LogP contribution in [0.2, 0.25) is 5.02 Å². The predicted molar refractivity (Wildman–Crippen MR) is 123 cm³/mol. The number of pyridine rings is 1. The summed E-state index contributed by atoms with van der Waals surface area (Å²) in [5.74, 6) is -0.101. The Hall–Kier alpha value is -2.31. The van der Waals surface area contributed by atoms with Crippen molar-refractivity contribution in [1.29, 1.82) is 0 Å². The molecule has 0 atom stereocenters. The normalized spacial score (nSPS) is 17.0. The van der Waals surface area contributed by atoms with Crippen LogP contribution in [0.3, 0.4) is 0 Å². The standard InChI is InChI=1S/C24H30ClN3O3/c1-4-28(18-8-11-31-12-9-18)20-6-5-17-7-10-27(24(30)21(17)22(20)25)14-19-15(2)13-16(3)26-23(19)29/h5-6,13,18H,4,7-12,14H2,1-3H3,(H,26,29). The molecule has 4 rings (SSSR count). The maximum Gasteiger partial charge on any atom is 0.256 e. The van der Waals surface area contributed by atoms with E-state index in [9.17, 15) is 9.59 Å². The Morgan fingerprint density at radius 2 is 1.97 bits per heavy atom. The molecular weight excluding hydrogens is 414 g/mol. The molecule has 1 fully saturated rings. The zero-order chi connectivity index (χ0) is 22.1. The zero-order valence-corrected chi connectivity index (χ0v) is 19.2. The van der Waals surface area contributed by atoms with Crippen molar-refractivity contribution in [2.24, 2.45) is 0 Å². The lowest BCUT2D eigenvalue weighted by Crippen LogP contribution is -2.41. The number of aromatic nitrogens is 1. The van der Waals surface area contributed by atoms with Gasteiger partial charge >= 0.3 is 0 Å². The number of ether oxygens (including phenoxy) is 1. The summed E-state index contributed by atoms with van der Waals surface area (Å²) in [5.41, 5.74) is 4.69. The third-order valence-corrected chi connectivity index (χ3v) is 6.87. The average Bonchev–Trinajstić information content (AvgIpc) is 2.74. The Bertz CT molecular complexity index is 1040. The number of halogens is 1. The first-order valence-electron chi connectivity index (χ1n) is 11.0. The number of carbonyl (C=O) groups is 1. The molecular formula is C24H30ClN3O3. The van der Waals surface area contributed by atoms with Crippen LogP contribution in [0.15, 0.2) is 23.0 Å². The van der Waals surface area contributed by atoms with E-state index < -0.39 is 0 Å². The summed E-state index contributed by atoms with van der Waals surface area (Å²) in [6.45, 7) is 9.08. The van der Waals surface area contributed by atoms with Crippen LogP contribution in [0.5, 0.6) is 0 Å². The fraction of sp³-hybridized carbons (Fsp3) is 0.500. The Morgan fingerprint density at radius 1 is 1.23 bits per heavy atom. The molecule has 0 unspecified atom stereocenters. The number of benzene rings is 1. The van der Waals surface area contributed by atoms with Crippen molar-refractivity contribution in [2.45, 2.75) is 52.6 Å². The Morgan fingerprint density at radius 3 is 2.65 bits per heavy atom. The van der Waals surface area contributed by atoms with E-state index in [1.165, 1.54) is 0 Å². The SMILES string of the molecule is CCN(c1ccc2c(c1Cl)C(=O)N(Cc1c(C)cc(C)[nH]c1=O)CC2)C1CCOCC1. The average molecular weight is 444 g/mol.